The lowest BCUT2D eigenvalue weighted by Crippen LogP contribution is -2.38. The highest BCUT2D eigenvalue weighted by Gasteiger charge is 2.27. The van der Waals surface area contributed by atoms with Crippen molar-refractivity contribution in [2.45, 2.75) is 30.7 Å². The molecule has 0 bridgehead atoms. The summed E-state index contributed by atoms with van der Waals surface area (Å²) in [7, 11) is -1.79. The predicted molar refractivity (Wildman–Crippen MR) is 71.2 cm³/mol. The normalized spacial score (nSPS) is 20.4. The van der Waals surface area contributed by atoms with Gasteiger partial charge in [-0.1, -0.05) is 0 Å². The topological polar surface area (TPSA) is 99.8 Å². The van der Waals surface area contributed by atoms with Gasteiger partial charge in [0.25, 0.3) is 0 Å². The molecule has 0 spiro atoms. The van der Waals surface area contributed by atoms with E-state index in [0.29, 0.717) is 6.54 Å². The maximum atomic E-state index is 12.2. The standard InChI is InChI=1S/C12H18N2O5S/c1-8-11(6-10(19-8)12(15)16)20(17,18)13-7-9-4-3-5-14(9)2/h6,9,13H,3-5,7H2,1-2H3,(H,15,16). The number of sulfonamides is 1. The summed E-state index contributed by atoms with van der Waals surface area (Å²) in [5, 5.41) is 8.81. The van der Waals surface area contributed by atoms with Gasteiger partial charge in [-0.05, 0) is 33.4 Å². The monoisotopic (exact) mass is 302 g/mol. The Balaban J connectivity index is 2.12. The molecule has 1 aliphatic heterocycles. The maximum Gasteiger partial charge on any atom is 0.371 e. The molecule has 0 amide bonds. The zero-order valence-electron chi connectivity index (χ0n) is 11.4. The van der Waals surface area contributed by atoms with E-state index in [-0.39, 0.29) is 22.5 Å². The molecule has 1 aromatic rings. The molecule has 7 nitrogen and oxygen atoms in total. The van der Waals surface area contributed by atoms with Crippen LogP contribution < -0.4 is 4.72 Å². The van der Waals surface area contributed by atoms with Crippen molar-refractivity contribution in [3.8, 4) is 0 Å². The summed E-state index contributed by atoms with van der Waals surface area (Å²) in [6.07, 6.45) is 2.00. The molecule has 0 aliphatic carbocycles. The van der Waals surface area contributed by atoms with E-state index in [0.717, 1.165) is 25.5 Å². The molecule has 1 fully saturated rings. The number of aryl methyl sites for hydroxylation is 1. The molecule has 20 heavy (non-hydrogen) atoms. The number of likely N-dealkylation sites (tertiary alicyclic amines) is 1. The van der Waals surface area contributed by atoms with Crippen LogP contribution in [0.5, 0.6) is 0 Å². The first-order valence-electron chi connectivity index (χ1n) is 6.35. The zero-order chi connectivity index (χ0) is 14.9. The van der Waals surface area contributed by atoms with Crippen LogP contribution in [0.3, 0.4) is 0 Å². The van der Waals surface area contributed by atoms with E-state index in [1.807, 2.05) is 7.05 Å². The molecule has 1 aromatic heterocycles. The lowest BCUT2D eigenvalue weighted by atomic mass is 10.2. The van der Waals surface area contributed by atoms with Gasteiger partial charge in [-0.3, -0.25) is 0 Å². The molecule has 1 aliphatic rings. The number of rotatable bonds is 5. The summed E-state index contributed by atoms with van der Waals surface area (Å²) >= 11 is 0. The van der Waals surface area contributed by atoms with Crippen molar-refractivity contribution in [2.75, 3.05) is 20.1 Å². The first-order valence-corrected chi connectivity index (χ1v) is 7.83. The number of hydrogen-bond donors (Lipinski definition) is 2. The van der Waals surface area contributed by atoms with Gasteiger partial charge < -0.3 is 14.4 Å². The Hall–Kier alpha value is -1.38. The van der Waals surface area contributed by atoms with Crippen molar-refractivity contribution in [1.29, 1.82) is 0 Å². The molecule has 1 unspecified atom stereocenters. The SMILES string of the molecule is Cc1oc(C(=O)O)cc1S(=O)(=O)NCC1CCCN1C. The van der Waals surface area contributed by atoms with Gasteiger partial charge in [-0.15, -0.1) is 0 Å². The second-order valence-corrected chi connectivity index (χ2v) is 6.70. The number of nitrogens with zero attached hydrogens (tertiary/aromatic N) is 1. The highest BCUT2D eigenvalue weighted by atomic mass is 32.2. The summed E-state index contributed by atoms with van der Waals surface area (Å²) in [5.74, 6) is -1.58. The first kappa shape index (κ1) is 15.0. The number of aromatic carboxylic acids is 1. The molecule has 2 heterocycles. The van der Waals surface area contributed by atoms with Crippen LogP contribution in [0.15, 0.2) is 15.4 Å². The molecule has 1 saturated heterocycles. The van der Waals surface area contributed by atoms with Gasteiger partial charge in [0.2, 0.25) is 15.8 Å². The average Bonchev–Trinajstić information content (AvgIpc) is 2.93. The lowest BCUT2D eigenvalue weighted by Gasteiger charge is -2.19. The third-order valence-electron chi connectivity index (χ3n) is 3.55. The lowest BCUT2D eigenvalue weighted by molar-refractivity contribution is 0.0661. The fourth-order valence-electron chi connectivity index (χ4n) is 2.36. The van der Waals surface area contributed by atoms with Gasteiger partial charge >= 0.3 is 5.97 Å². The molecule has 8 heteroatoms. The molecule has 2 N–H and O–H groups in total. The van der Waals surface area contributed by atoms with Gasteiger partial charge in [0.1, 0.15) is 10.7 Å². The van der Waals surface area contributed by atoms with Gasteiger partial charge in [0, 0.05) is 18.7 Å². The molecule has 2 rings (SSSR count). The van der Waals surface area contributed by atoms with E-state index in [1.165, 1.54) is 6.92 Å². The van der Waals surface area contributed by atoms with Crippen molar-refractivity contribution in [1.82, 2.24) is 9.62 Å². The van der Waals surface area contributed by atoms with Crippen LogP contribution in [0.2, 0.25) is 0 Å². The Morgan fingerprint density at radius 3 is 2.80 bits per heavy atom. The zero-order valence-corrected chi connectivity index (χ0v) is 12.2. The Kier molecular flexibility index (Phi) is 4.17. The van der Waals surface area contributed by atoms with Crippen LogP contribution in [-0.2, 0) is 10.0 Å². The molecular formula is C12H18N2O5S. The average molecular weight is 302 g/mol. The van der Waals surface area contributed by atoms with E-state index in [2.05, 4.69) is 9.62 Å². The number of carbonyl (C=O) groups is 1. The molecule has 112 valence electrons. The second kappa shape index (κ2) is 5.55. The van der Waals surface area contributed by atoms with Crippen molar-refractivity contribution >= 4 is 16.0 Å². The van der Waals surface area contributed by atoms with E-state index in [1.54, 1.807) is 0 Å². The van der Waals surface area contributed by atoms with Crippen LogP contribution in [0.1, 0.15) is 29.2 Å². The van der Waals surface area contributed by atoms with E-state index >= 15 is 0 Å². The number of furan rings is 1. The minimum absolute atomic E-state index is 0.0784. The van der Waals surface area contributed by atoms with Gasteiger partial charge in [-0.25, -0.2) is 17.9 Å². The number of hydrogen-bond acceptors (Lipinski definition) is 5. The summed E-state index contributed by atoms with van der Waals surface area (Å²) in [6.45, 7) is 2.70. The Bertz CT molecular complexity index is 607. The third kappa shape index (κ3) is 3.02. The van der Waals surface area contributed by atoms with Crippen LogP contribution in [-0.4, -0.2) is 50.6 Å². The van der Waals surface area contributed by atoms with Gasteiger partial charge in [0.05, 0.1) is 0 Å². The number of carboxylic acids is 1. The fraction of sp³-hybridized carbons (Fsp3) is 0.583. The van der Waals surface area contributed by atoms with Crippen molar-refractivity contribution < 1.29 is 22.7 Å². The van der Waals surface area contributed by atoms with Crippen molar-refractivity contribution in [2.24, 2.45) is 0 Å². The van der Waals surface area contributed by atoms with Gasteiger partial charge in [0.15, 0.2) is 0 Å². The Labute approximate surface area is 117 Å². The fourth-order valence-corrected chi connectivity index (χ4v) is 3.61. The minimum atomic E-state index is -3.75. The summed E-state index contributed by atoms with van der Waals surface area (Å²) in [4.78, 5) is 12.8. The molecule has 1 atom stereocenters. The number of carboxylic acid groups (broad SMARTS) is 1. The predicted octanol–water partition coefficient (Wildman–Crippen LogP) is 0.659. The summed E-state index contributed by atoms with van der Waals surface area (Å²) in [5.41, 5.74) is 0. The largest absolute Gasteiger partial charge is 0.475 e. The summed E-state index contributed by atoms with van der Waals surface area (Å²) < 4.78 is 31.8. The van der Waals surface area contributed by atoms with E-state index < -0.39 is 16.0 Å². The quantitative estimate of drug-likeness (QED) is 0.829. The Morgan fingerprint density at radius 1 is 1.60 bits per heavy atom. The Morgan fingerprint density at radius 2 is 2.30 bits per heavy atom. The van der Waals surface area contributed by atoms with Crippen LogP contribution >= 0.6 is 0 Å². The molecule has 0 aromatic carbocycles. The minimum Gasteiger partial charge on any atom is -0.475 e. The first-order chi connectivity index (χ1) is 9.31. The molecule has 0 radical (unpaired) electrons. The van der Waals surface area contributed by atoms with Crippen molar-refractivity contribution in [3.05, 3.63) is 17.6 Å². The molecular weight excluding hydrogens is 284 g/mol. The second-order valence-electron chi connectivity index (χ2n) is 4.96. The van der Waals surface area contributed by atoms with Crippen LogP contribution in [0, 0.1) is 6.92 Å². The molecule has 0 saturated carbocycles. The smallest absolute Gasteiger partial charge is 0.371 e. The van der Waals surface area contributed by atoms with E-state index in [9.17, 15) is 13.2 Å². The summed E-state index contributed by atoms with van der Waals surface area (Å²) in [6, 6.07) is 1.22. The number of nitrogens with one attached hydrogen (secondary N) is 1. The van der Waals surface area contributed by atoms with Crippen molar-refractivity contribution in [3.63, 3.8) is 0 Å². The highest BCUT2D eigenvalue weighted by Crippen LogP contribution is 2.21. The highest BCUT2D eigenvalue weighted by molar-refractivity contribution is 7.89. The maximum absolute atomic E-state index is 12.2. The van der Waals surface area contributed by atoms with E-state index in [4.69, 9.17) is 9.52 Å². The number of likely N-dealkylation sites (N-methyl/N-ethyl adjacent to an activating group) is 1. The third-order valence-corrected chi connectivity index (χ3v) is 5.08. The van der Waals surface area contributed by atoms with Crippen LogP contribution in [0.4, 0.5) is 0 Å². The van der Waals surface area contributed by atoms with Gasteiger partial charge in [-0.2, -0.15) is 0 Å². The van der Waals surface area contributed by atoms with Crippen LogP contribution in [0.25, 0.3) is 0 Å².